The van der Waals surface area contributed by atoms with Gasteiger partial charge in [0.25, 0.3) is 0 Å². The molecule has 0 amide bonds. The number of nitrogens with two attached hydrogens (primary N) is 1. The van der Waals surface area contributed by atoms with Crippen LogP contribution in [0.3, 0.4) is 0 Å². The molecule has 4 heteroatoms. The number of esters is 1. The molecule has 0 radical (unpaired) electrons. The maximum Gasteiger partial charge on any atom is 0.334 e. The maximum absolute atomic E-state index is 11.7. The van der Waals surface area contributed by atoms with Gasteiger partial charge in [-0.15, -0.1) is 0 Å². The number of epoxide rings is 1. The zero-order valence-corrected chi connectivity index (χ0v) is 10.6. The average molecular weight is 249 g/mol. The van der Waals surface area contributed by atoms with Crippen molar-refractivity contribution in [2.45, 2.75) is 50.4 Å². The van der Waals surface area contributed by atoms with E-state index in [1.807, 2.05) is 0 Å². The molecule has 18 heavy (non-hydrogen) atoms. The molecule has 0 aromatic rings. The first-order valence-electron chi connectivity index (χ1n) is 6.53. The van der Waals surface area contributed by atoms with E-state index in [0.717, 1.165) is 31.4 Å². The molecule has 0 aromatic heterocycles. The predicted octanol–water partition coefficient (Wildman–Crippen LogP) is 1.66. The van der Waals surface area contributed by atoms with Crippen molar-refractivity contribution in [3.05, 3.63) is 23.9 Å². The van der Waals surface area contributed by atoms with E-state index in [1.165, 1.54) is 0 Å². The van der Waals surface area contributed by atoms with E-state index in [2.05, 4.69) is 19.6 Å². The molecule has 3 rings (SSSR count). The molecule has 1 aliphatic carbocycles. The molecule has 0 spiro atoms. The first-order valence-corrected chi connectivity index (χ1v) is 6.53. The third-order valence-electron chi connectivity index (χ3n) is 4.38. The van der Waals surface area contributed by atoms with Crippen LogP contribution in [-0.4, -0.2) is 23.8 Å². The lowest BCUT2D eigenvalue weighted by Crippen LogP contribution is -2.29. The fraction of sp³-hybridized carbons (Fsp3) is 0.643. The number of ether oxygens (including phenoxy) is 2. The Kier molecular flexibility index (Phi) is 2.52. The van der Waals surface area contributed by atoms with Gasteiger partial charge < -0.3 is 15.2 Å². The minimum absolute atomic E-state index is 0.0263. The van der Waals surface area contributed by atoms with Gasteiger partial charge in [0.05, 0.1) is 5.60 Å². The molecule has 4 nitrogen and oxygen atoms in total. The quantitative estimate of drug-likeness (QED) is 0.403. The summed E-state index contributed by atoms with van der Waals surface area (Å²) in [5.74, 6) is -0.223. The molecule has 2 saturated heterocycles. The van der Waals surface area contributed by atoms with Crippen molar-refractivity contribution in [2.75, 3.05) is 0 Å². The van der Waals surface area contributed by atoms with E-state index in [9.17, 15) is 4.79 Å². The highest BCUT2D eigenvalue weighted by Gasteiger charge is 2.61. The van der Waals surface area contributed by atoms with E-state index < -0.39 is 0 Å². The van der Waals surface area contributed by atoms with E-state index in [0.29, 0.717) is 5.57 Å². The van der Waals surface area contributed by atoms with Crippen LogP contribution < -0.4 is 5.73 Å². The Hall–Kier alpha value is -1.29. The van der Waals surface area contributed by atoms with Crippen LogP contribution >= 0.6 is 0 Å². The van der Waals surface area contributed by atoms with Gasteiger partial charge in [0, 0.05) is 17.2 Å². The summed E-state index contributed by atoms with van der Waals surface area (Å²) in [5.41, 5.74) is 7.26. The van der Waals surface area contributed by atoms with E-state index in [1.54, 1.807) is 0 Å². The van der Waals surface area contributed by atoms with Gasteiger partial charge in [-0.05, 0) is 32.6 Å². The highest BCUT2D eigenvalue weighted by Crippen LogP contribution is 2.49. The lowest BCUT2D eigenvalue weighted by atomic mass is 9.85. The largest absolute Gasteiger partial charge is 0.455 e. The van der Waals surface area contributed by atoms with E-state index in [-0.39, 0.29) is 29.7 Å². The van der Waals surface area contributed by atoms with Crippen molar-refractivity contribution in [1.29, 1.82) is 0 Å². The highest BCUT2D eigenvalue weighted by molar-refractivity contribution is 5.91. The van der Waals surface area contributed by atoms with Crippen LogP contribution in [0.25, 0.3) is 0 Å². The monoisotopic (exact) mass is 249 g/mol. The van der Waals surface area contributed by atoms with E-state index in [4.69, 9.17) is 15.2 Å². The summed E-state index contributed by atoms with van der Waals surface area (Å²) in [5, 5.41) is 0. The molecule has 98 valence electrons. The molecule has 3 aliphatic rings. The van der Waals surface area contributed by atoms with Crippen LogP contribution in [0.1, 0.15) is 32.6 Å². The van der Waals surface area contributed by atoms with Gasteiger partial charge in [0.2, 0.25) is 0 Å². The number of rotatable bonds is 0. The topological polar surface area (TPSA) is 64.8 Å². The maximum atomic E-state index is 11.7. The fourth-order valence-corrected chi connectivity index (χ4v) is 3.08. The number of allylic oxidation sites excluding steroid dienone is 2. The van der Waals surface area contributed by atoms with Crippen LogP contribution in [0.2, 0.25) is 0 Å². The molecular weight excluding hydrogens is 230 g/mol. The van der Waals surface area contributed by atoms with Crippen LogP contribution in [0, 0.1) is 5.92 Å². The van der Waals surface area contributed by atoms with Gasteiger partial charge >= 0.3 is 5.97 Å². The Labute approximate surface area is 107 Å². The SMILES string of the molecule is C=C1C(=O)O[C@H]2[C@H]1CC/C(N)=C\CC[C@@]1(C)O[C@@H]21. The predicted molar refractivity (Wildman–Crippen MR) is 66.5 cm³/mol. The Morgan fingerprint density at radius 2 is 2.33 bits per heavy atom. The van der Waals surface area contributed by atoms with Crippen LogP contribution in [0.15, 0.2) is 23.9 Å². The van der Waals surface area contributed by atoms with Crippen molar-refractivity contribution in [3.8, 4) is 0 Å². The van der Waals surface area contributed by atoms with Gasteiger partial charge in [0.1, 0.15) is 12.2 Å². The van der Waals surface area contributed by atoms with Gasteiger partial charge in [-0.2, -0.15) is 0 Å². The second-order valence-corrected chi connectivity index (χ2v) is 5.71. The normalized spacial score (nSPS) is 46.5. The second kappa shape index (κ2) is 3.85. The molecule has 0 saturated carbocycles. The Morgan fingerprint density at radius 1 is 1.56 bits per heavy atom. The number of carbonyl (C=O) groups is 1. The number of hydrogen-bond donors (Lipinski definition) is 1. The van der Waals surface area contributed by atoms with Gasteiger partial charge in [-0.25, -0.2) is 4.79 Å². The lowest BCUT2D eigenvalue weighted by molar-refractivity contribution is -0.140. The average Bonchev–Trinajstić information content (AvgIpc) is 2.90. The molecule has 0 bridgehead atoms. The van der Waals surface area contributed by atoms with Crippen LogP contribution in [0.5, 0.6) is 0 Å². The molecule has 2 aliphatic heterocycles. The first-order chi connectivity index (χ1) is 8.51. The third-order valence-corrected chi connectivity index (χ3v) is 4.38. The highest BCUT2D eigenvalue weighted by atomic mass is 16.6. The Bertz CT molecular complexity index is 442. The minimum Gasteiger partial charge on any atom is -0.455 e. The van der Waals surface area contributed by atoms with Crippen LogP contribution in [-0.2, 0) is 14.3 Å². The molecule has 4 atom stereocenters. The van der Waals surface area contributed by atoms with Crippen molar-refractivity contribution >= 4 is 5.97 Å². The summed E-state index contributed by atoms with van der Waals surface area (Å²) in [7, 11) is 0. The zero-order valence-electron chi connectivity index (χ0n) is 10.6. The van der Waals surface area contributed by atoms with Crippen molar-refractivity contribution in [1.82, 2.24) is 0 Å². The summed E-state index contributed by atoms with van der Waals surface area (Å²) in [4.78, 5) is 11.7. The van der Waals surface area contributed by atoms with Crippen molar-refractivity contribution in [3.63, 3.8) is 0 Å². The summed E-state index contributed by atoms with van der Waals surface area (Å²) < 4.78 is 11.2. The molecule has 0 aromatic carbocycles. The Morgan fingerprint density at radius 3 is 3.11 bits per heavy atom. The summed E-state index contributed by atoms with van der Waals surface area (Å²) in [6.07, 6.45) is 5.38. The van der Waals surface area contributed by atoms with Crippen molar-refractivity contribution < 1.29 is 14.3 Å². The number of hydrogen-bond acceptors (Lipinski definition) is 4. The summed E-state index contributed by atoms with van der Waals surface area (Å²) in [6.45, 7) is 5.93. The summed E-state index contributed by atoms with van der Waals surface area (Å²) in [6, 6.07) is 0. The smallest absolute Gasteiger partial charge is 0.334 e. The third kappa shape index (κ3) is 1.75. The molecule has 2 fully saturated rings. The Balaban J connectivity index is 1.87. The van der Waals surface area contributed by atoms with Gasteiger partial charge in [0.15, 0.2) is 0 Å². The van der Waals surface area contributed by atoms with Crippen LogP contribution in [0.4, 0.5) is 0 Å². The number of fused-ring (bicyclic) bond motifs is 3. The van der Waals surface area contributed by atoms with E-state index >= 15 is 0 Å². The number of carbonyl (C=O) groups excluding carboxylic acids is 1. The molecular formula is C14H19NO3. The second-order valence-electron chi connectivity index (χ2n) is 5.71. The molecule has 2 heterocycles. The molecule has 2 N–H and O–H groups in total. The zero-order chi connectivity index (χ0) is 12.9. The molecule has 0 unspecified atom stereocenters. The summed E-state index contributed by atoms with van der Waals surface area (Å²) >= 11 is 0. The fourth-order valence-electron chi connectivity index (χ4n) is 3.08. The lowest BCUT2D eigenvalue weighted by Gasteiger charge is -2.18. The van der Waals surface area contributed by atoms with Gasteiger partial charge in [-0.3, -0.25) is 0 Å². The first kappa shape index (κ1) is 11.8. The standard InChI is InChI=1S/C14H19NO3/c1-8-10-6-5-9(15)4-3-7-14(2)12(18-14)11(10)17-13(8)16/h4,10-12H,1,3,5-7,15H2,2H3/b9-4+/t10-,11-,12-,14+/m0/s1. The van der Waals surface area contributed by atoms with Crippen molar-refractivity contribution in [2.24, 2.45) is 11.7 Å². The minimum atomic E-state index is -0.273. The van der Waals surface area contributed by atoms with Gasteiger partial charge in [-0.1, -0.05) is 12.7 Å².